The molecule has 2 nitrogen and oxygen atoms in total. The molecule has 4 heteroatoms. The largest absolute Gasteiger partial charge is 0.378 e. The van der Waals surface area contributed by atoms with Crippen LogP contribution < -0.4 is 5.73 Å². The summed E-state index contributed by atoms with van der Waals surface area (Å²) in [4.78, 5) is 0. The Hall–Kier alpha value is -0.450. The molecule has 0 bridgehead atoms. The third kappa shape index (κ3) is 3.11. The lowest BCUT2D eigenvalue weighted by molar-refractivity contribution is 0.0814. The van der Waals surface area contributed by atoms with E-state index in [-0.39, 0.29) is 18.0 Å². The summed E-state index contributed by atoms with van der Waals surface area (Å²) in [6.07, 6.45) is 3.08. The highest BCUT2D eigenvalue weighted by Crippen LogP contribution is 2.27. The summed E-state index contributed by atoms with van der Waals surface area (Å²) in [7, 11) is 0. The molecular formula is C14H19BrFNO. The van der Waals surface area contributed by atoms with Crippen molar-refractivity contribution in [1.82, 2.24) is 0 Å². The fraction of sp³-hybridized carbons (Fsp3) is 0.571. The molecule has 0 saturated carbocycles. The van der Waals surface area contributed by atoms with E-state index in [2.05, 4.69) is 22.9 Å². The molecule has 100 valence electrons. The Labute approximate surface area is 116 Å². The minimum absolute atomic E-state index is 0.0785. The van der Waals surface area contributed by atoms with Gasteiger partial charge in [-0.15, -0.1) is 0 Å². The van der Waals surface area contributed by atoms with Crippen molar-refractivity contribution in [3.63, 3.8) is 0 Å². The highest BCUT2D eigenvalue weighted by Gasteiger charge is 2.31. The zero-order valence-electron chi connectivity index (χ0n) is 10.5. The maximum Gasteiger partial charge on any atom is 0.137 e. The number of benzene rings is 1. The van der Waals surface area contributed by atoms with Crippen molar-refractivity contribution in [3.05, 3.63) is 34.1 Å². The van der Waals surface area contributed by atoms with Gasteiger partial charge in [-0.25, -0.2) is 4.39 Å². The summed E-state index contributed by atoms with van der Waals surface area (Å²) in [6.45, 7) is 2.94. The molecule has 1 saturated heterocycles. The molecule has 1 aromatic carbocycles. The lowest BCUT2D eigenvalue weighted by Gasteiger charge is -2.23. The van der Waals surface area contributed by atoms with E-state index >= 15 is 0 Å². The third-order valence-electron chi connectivity index (χ3n) is 3.67. The van der Waals surface area contributed by atoms with Gasteiger partial charge in [0.15, 0.2) is 0 Å². The SMILES string of the molecule is CCC1OCCC1C(N)Cc1ccc(F)c(Br)c1. The van der Waals surface area contributed by atoms with Gasteiger partial charge in [0.2, 0.25) is 0 Å². The van der Waals surface area contributed by atoms with E-state index in [1.807, 2.05) is 6.07 Å². The number of halogens is 2. The normalized spacial score (nSPS) is 25.3. The van der Waals surface area contributed by atoms with Gasteiger partial charge in [0.1, 0.15) is 5.82 Å². The maximum atomic E-state index is 13.2. The van der Waals surface area contributed by atoms with Gasteiger partial charge in [0, 0.05) is 18.6 Å². The van der Waals surface area contributed by atoms with Gasteiger partial charge >= 0.3 is 0 Å². The van der Waals surface area contributed by atoms with Gasteiger partial charge in [0.25, 0.3) is 0 Å². The quantitative estimate of drug-likeness (QED) is 0.925. The first-order chi connectivity index (χ1) is 8.61. The minimum Gasteiger partial charge on any atom is -0.378 e. The summed E-state index contributed by atoms with van der Waals surface area (Å²) >= 11 is 3.20. The molecule has 1 aliphatic rings. The zero-order chi connectivity index (χ0) is 13.1. The first kappa shape index (κ1) is 14.0. The summed E-state index contributed by atoms with van der Waals surface area (Å²) in [5, 5.41) is 0. The van der Waals surface area contributed by atoms with Gasteiger partial charge in [-0.3, -0.25) is 0 Å². The predicted octanol–water partition coefficient (Wildman–Crippen LogP) is 3.27. The zero-order valence-corrected chi connectivity index (χ0v) is 12.1. The summed E-state index contributed by atoms with van der Waals surface area (Å²) in [5.74, 6) is 0.182. The summed E-state index contributed by atoms with van der Waals surface area (Å²) in [5.41, 5.74) is 7.34. The lowest BCUT2D eigenvalue weighted by Crippen LogP contribution is -2.36. The van der Waals surface area contributed by atoms with Crippen LogP contribution in [-0.2, 0) is 11.2 Å². The number of ether oxygens (including phenoxy) is 1. The predicted molar refractivity (Wildman–Crippen MR) is 73.9 cm³/mol. The Bertz CT molecular complexity index is 413. The molecule has 2 N–H and O–H groups in total. The Morgan fingerprint density at radius 2 is 2.33 bits per heavy atom. The maximum absolute atomic E-state index is 13.2. The van der Waals surface area contributed by atoms with Crippen LogP contribution in [0.25, 0.3) is 0 Å². The van der Waals surface area contributed by atoms with Crippen molar-refractivity contribution in [1.29, 1.82) is 0 Å². The van der Waals surface area contributed by atoms with Crippen LogP contribution in [0.15, 0.2) is 22.7 Å². The molecule has 1 aromatic rings. The Morgan fingerprint density at radius 1 is 1.56 bits per heavy atom. The Kier molecular flexibility index (Phi) is 4.76. The molecule has 0 radical (unpaired) electrons. The highest BCUT2D eigenvalue weighted by molar-refractivity contribution is 9.10. The van der Waals surface area contributed by atoms with E-state index in [1.165, 1.54) is 6.07 Å². The Morgan fingerprint density at radius 3 is 3.00 bits per heavy atom. The van der Waals surface area contributed by atoms with Crippen LogP contribution >= 0.6 is 15.9 Å². The van der Waals surface area contributed by atoms with Crippen molar-refractivity contribution < 1.29 is 9.13 Å². The highest BCUT2D eigenvalue weighted by atomic mass is 79.9. The molecule has 18 heavy (non-hydrogen) atoms. The number of rotatable bonds is 4. The molecule has 3 atom stereocenters. The second kappa shape index (κ2) is 6.13. The van der Waals surface area contributed by atoms with Crippen LogP contribution in [0.3, 0.4) is 0 Å². The van der Waals surface area contributed by atoms with Crippen molar-refractivity contribution >= 4 is 15.9 Å². The van der Waals surface area contributed by atoms with Gasteiger partial charge in [-0.05, 0) is 52.9 Å². The average molecular weight is 316 g/mol. The molecule has 1 aliphatic heterocycles. The van der Waals surface area contributed by atoms with Crippen molar-refractivity contribution in [2.75, 3.05) is 6.61 Å². The van der Waals surface area contributed by atoms with Crippen LogP contribution in [-0.4, -0.2) is 18.8 Å². The lowest BCUT2D eigenvalue weighted by atomic mass is 9.88. The fourth-order valence-electron chi connectivity index (χ4n) is 2.67. The first-order valence-electron chi connectivity index (χ1n) is 6.43. The molecule has 0 aromatic heterocycles. The first-order valence-corrected chi connectivity index (χ1v) is 7.22. The second-order valence-corrected chi connectivity index (χ2v) is 5.74. The van der Waals surface area contributed by atoms with Gasteiger partial charge in [0.05, 0.1) is 10.6 Å². The minimum atomic E-state index is -0.233. The topological polar surface area (TPSA) is 35.2 Å². The van der Waals surface area contributed by atoms with Crippen LogP contribution in [0.2, 0.25) is 0 Å². The van der Waals surface area contributed by atoms with E-state index in [1.54, 1.807) is 6.07 Å². The van der Waals surface area contributed by atoms with Gasteiger partial charge in [-0.2, -0.15) is 0 Å². The molecule has 0 amide bonds. The standard InChI is InChI=1S/C14H19BrFNO/c1-2-14-10(5-6-18-14)13(17)8-9-3-4-12(16)11(15)7-9/h3-4,7,10,13-14H,2,5-6,8,17H2,1H3. The Balaban J connectivity index is 2.02. The molecule has 1 heterocycles. The van der Waals surface area contributed by atoms with E-state index < -0.39 is 0 Å². The summed E-state index contributed by atoms with van der Waals surface area (Å²) < 4.78 is 19.3. The average Bonchev–Trinajstić information content (AvgIpc) is 2.82. The smallest absolute Gasteiger partial charge is 0.137 e. The summed E-state index contributed by atoms with van der Waals surface area (Å²) in [6, 6.07) is 5.17. The van der Waals surface area contributed by atoms with Crippen molar-refractivity contribution in [2.45, 2.75) is 38.3 Å². The molecular weight excluding hydrogens is 297 g/mol. The van der Waals surface area contributed by atoms with Crippen molar-refractivity contribution in [2.24, 2.45) is 11.7 Å². The fourth-order valence-corrected chi connectivity index (χ4v) is 3.09. The molecule has 1 fully saturated rings. The molecule has 3 unspecified atom stereocenters. The molecule has 2 rings (SSSR count). The number of nitrogens with two attached hydrogens (primary N) is 1. The van der Waals surface area contributed by atoms with Gasteiger partial charge in [-0.1, -0.05) is 13.0 Å². The third-order valence-corrected chi connectivity index (χ3v) is 4.28. The monoisotopic (exact) mass is 315 g/mol. The second-order valence-electron chi connectivity index (χ2n) is 4.89. The van der Waals surface area contributed by atoms with E-state index in [9.17, 15) is 4.39 Å². The van der Waals surface area contributed by atoms with Crippen LogP contribution in [0.1, 0.15) is 25.3 Å². The molecule has 0 aliphatic carbocycles. The van der Waals surface area contributed by atoms with Crippen molar-refractivity contribution in [3.8, 4) is 0 Å². The van der Waals surface area contributed by atoms with E-state index in [0.29, 0.717) is 10.4 Å². The van der Waals surface area contributed by atoms with Gasteiger partial charge < -0.3 is 10.5 Å². The molecule has 0 spiro atoms. The van der Waals surface area contributed by atoms with Crippen LogP contribution in [0.4, 0.5) is 4.39 Å². The number of hydrogen-bond donors (Lipinski definition) is 1. The van der Waals surface area contributed by atoms with E-state index in [4.69, 9.17) is 10.5 Å². The number of hydrogen-bond acceptors (Lipinski definition) is 2. The van der Waals surface area contributed by atoms with Crippen LogP contribution in [0.5, 0.6) is 0 Å². The van der Waals surface area contributed by atoms with Crippen LogP contribution in [0, 0.1) is 11.7 Å². The van der Waals surface area contributed by atoms with E-state index in [0.717, 1.165) is 31.4 Å².